The minimum atomic E-state index is -3.88. The molecule has 0 spiro atoms. The zero-order valence-electron chi connectivity index (χ0n) is 31.5. The molecule has 3 fully saturated rings. The van der Waals surface area contributed by atoms with Crippen LogP contribution in [-0.2, 0) is 29.1 Å². The standard InChI is InChI=1S/C38H51N5O9S/c1-9-24-20-38(24,34(46)42-53(48,49)27-12-11-13-27)22-40-31(44)29-19-26(51-32-28-15-14-25(50-8)18-23(28)16-17-39-32)21-43(29)33(45)30(36(3,4)5)41-35(47)52-37(6,7)10-2/h9,14-18,22,24,26-27,29-30H,1,10-13,19-21H2,2-8H3,(H,41,47)(H,42,46)/t24-,26-,29?,30-,38?/m1/s1. The van der Waals surface area contributed by atoms with Gasteiger partial charge in [-0.2, -0.15) is 0 Å². The van der Waals surface area contributed by atoms with Gasteiger partial charge in [-0.05, 0) is 80.5 Å². The van der Waals surface area contributed by atoms with Crippen molar-refractivity contribution in [2.45, 2.75) is 109 Å². The van der Waals surface area contributed by atoms with Crippen molar-refractivity contribution in [3.8, 4) is 11.6 Å². The van der Waals surface area contributed by atoms with E-state index in [1.165, 1.54) is 17.2 Å². The van der Waals surface area contributed by atoms with E-state index in [1.54, 1.807) is 54.0 Å². The summed E-state index contributed by atoms with van der Waals surface area (Å²) in [6, 6.07) is 4.99. The molecule has 53 heavy (non-hydrogen) atoms. The first-order valence-corrected chi connectivity index (χ1v) is 19.6. The zero-order valence-corrected chi connectivity index (χ0v) is 32.3. The number of benzene rings is 1. The fourth-order valence-corrected chi connectivity index (χ4v) is 8.04. The van der Waals surface area contributed by atoms with Gasteiger partial charge in [-0.25, -0.2) is 23.2 Å². The summed E-state index contributed by atoms with van der Waals surface area (Å²) in [6.45, 7) is 14.5. The van der Waals surface area contributed by atoms with Gasteiger partial charge in [-0.3, -0.25) is 19.1 Å². The Hall–Kier alpha value is -4.53. The van der Waals surface area contributed by atoms with Crippen LogP contribution in [0.15, 0.2) is 48.1 Å². The second kappa shape index (κ2) is 15.1. The number of aliphatic imine (C=N–C) groups is 1. The highest BCUT2D eigenvalue weighted by Gasteiger charge is 2.59. The highest BCUT2D eigenvalue weighted by atomic mass is 32.2. The van der Waals surface area contributed by atoms with Crippen molar-refractivity contribution in [1.29, 1.82) is 0 Å². The van der Waals surface area contributed by atoms with E-state index in [0.717, 1.165) is 11.8 Å². The lowest BCUT2D eigenvalue weighted by molar-refractivity contribution is -0.141. The summed E-state index contributed by atoms with van der Waals surface area (Å²) in [5.74, 6) is -1.53. The topological polar surface area (TPSA) is 183 Å². The molecule has 3 aliphatic rings. The van der Waals surface area contributed by atoms with Gasteiger partial charge in [0.05, 0.1) is 24.3 Å². The first kappa shape index (κ1) is 39.7. The lowest BCUT2D eigenvalue weighted by Gasteiger charge is -2.35. The number of likely N-dealkylation sites (tertiary alicyclic amines) is 1. The van der Waals surface area contributed by atoms with Crippen molar-refractivity contribution in [3.05, 3.63) is 43.1 Å². The Balaban J connectivity index is 1.44. The minimum absolute atomic E-state index is 0.0282. The van der Waals surface area contributed by atoms with Gasteiger partial charge in [0, 0.05) is 24.2 Å². The van der Waals surface area contributed by atoms with Gasteiger partial charge >= 0.3 is 6.09 Å². The summed E-state index contributed by atoms with van der Waals surface area (Å²) in [5, 5.41) is 3.61. The summed E-state index contributed by atoms with van der Waals surface area (Å²) < 4.78 is 45.1. The Bertz CT molecular complexity index is 1900. The number of ether oxygens (including phenoxy) is 3. The molecule has 14 nitrogen and oxygen atoms in total. The Morgan fingerprint density at radius 3 is 2.45 bits per heavy atom. The van der Waals surface area contributed by atoms with Gasteiger partial charge in [-0.15, -0.1) is 6.58 Å². The van der Waals surface area contributed by atoms with Crippen molar-refractivity contribution in [1.82, 2.24) is 19.9 Å². The van der Waals surface area contributed by atoms with Gasteiger partial charge in [0.2, 0.25) is 27.7 Å². The molecule has 2 heterocycles. The molecule has 5 atom stereocenters. The van der Waals surface area contributed by atoms with Gasteiger partial charge in [0.25, 0.3) is 5.91 Å². The number of alkyl carbamates (subject to hydrolysis) is 1. The molecule has 4 amide bonds. The van der Waals surface area contributed by atoms with Crippen LogP contribution >= 0.6 is 0 Å². The molecule has 2 unspecified atom stereocenters. The van der Waals surface area contributed by atoms with Gasteiger partial charge in [0.15, 0.2) is 0 Å². The summed E-state index contributed by atoms with van der Waals surface area (Å²) in [5.41, 5.74) is -2.97. The number of carbonyl (C=O) groups is 4. The molecule has 2 aliphatic carbocycles. The van der Waals surface area contributed by atoms with E-state index >= 15 is 0 Å². The molecule has 1 aromatic carbocycles. The molecule has 5 rings (SSSR count). The molecule has 1 saturated heterocycles. The van der Waals surface area contributed by atoms with Crippen molar-refractivity contribution in [2.24, 2.45) is 21.7 Å². The summed E-state index contributed by atoms with van der Waals surface area (Å²) in [6.07, 6.45) is 5.35. The Morgan fingerprint density at radius 2 is 1.87 bits per heavy atom. The number of aromatic nitrogens is 1. The Morgan fingerprint density at radius 1 is 1.15 bits per heavy atom. The summed E-state index contributed by atoms with van der Waals surface area (Å²) in [4.78, 5) is 64.9. The number of hydrogen-bond acceptors (Lipinski definition) is 10. The normalized spacial score (nSPS) is 23.9. The van der Waals surface area contributed by atoms with Crippen LogP contribution in [0.1, 0.15) is 80.1 Å². The van der Waals surface area contributed by atoms with Crippen molar-refractivity contribution in [2.75, 3.05) is 13.7 Å². The number of rotatable bonds is 13. The van der Waals surface area contributed by atoms with E-state index in [9.17, 15) is 27.6 Å². The number of nitrogens with zero attached hydrogens (tertiary/aromatic N) is 3. The maximum atomic E-state index is 14.5. The lowest BCUT2D eigenvalue weighted by Crippen LogP contribution is -2.57. The predicted octanol–water partition coefficient (Wildman–Crippen LogP) is 4.71. The number of methoxy groups -OCH3 is 1. The van der Waals surface area contributed by atoms with E-state index in [2.05, 4.69) is 26.6 Å². The van der Waals surface area contributed by atoms with Crippen molar-refractivity contribution in [3.63, 3.8) is 0 Å². The lowest BCUT2D eigenvalue weighted by atomic mass is 9.85. The van der Waals surface area contributed by atoms with Crippen molar-refractivity contribution >= 4 is 50.8 Å². The fourth-order valence-electron chi connectivity index (χ4n) is 6.47. The highest BCUT2D eigenvalue weighted by molar-refractivity contribution is 7.90. The molecule has 15 heteroatoms. The minimum Gasteiger partial charge on any atom is -0.497 e. The molecule has 1 aliphatic heterocycles. The molecule has 2 aromatic rings. The molecule has 288 valence electrons. The third kappa shape index (κ3) is 8.66. The maximum Gasteiger partial charge on any atom is 0.408 e. The van der Waals surface area contributed by atoms with Gasteiger partial charge in [-0.1, -0.05) is 40.2 Å². The van der Waals surface area contributed by atoms with E-state index in [-0.39, 0.29) is 19.4 Å². The van der Waals surface area contributed by atoms with Crippen LogP contribution < -0.4 is 19.5 Å². The number of nitrogens with one attached hydrogen (secondary N) is 2. The number of fused-ring (bicyclic) bond motifs is 1. The van der Waals surface area contributed by atoms with Crippen molar-refractivity contribution < 1.29 is 41.8 Å². The number of allylic oxidation sites excluding steroid dienone is 1. The van der Waals surface area contributed by atoms with Crippen LogP contribution in [0, 0.1) is 16.7 Å². The largest absolute Gasteiger partial charge is 0.497 e. The second-order valence-electron chi connectivity index (χ2n) is 15.8. The number of hydrogen-bond donors (Lipinski definition) is 2. The van der Waals surface area contributed by atoms with Crippen LogP contribution in [-0.4, -0.2) is 91.0 Å². The quantitative estimate of drug-likeness (QED) is 0.215. The summed E-state index contributed by atoms with van der Waals surface area (Å²) in [7, 11) is -2.31. The van der Waals surface area contributed by atoms with Crippen LogP contribution in [0.3, 0.4) is 0 Å². The maximum absolute atomic E-state index is 14.5. The highest BCUT2D eigenvalue weighted by Crippen LogP contribution is 2.52. The smallest absolute Gasteiger partial charge is 0.408 e. The molecule has 2 N–H and O–H groups in total. The molecule has 2 saturated carbocycles. The van der Waals surface area contributed by atoms with Gasteiger partial charge < -0.3 is 24.4 Å². The van der Waals surface area contributed by atoms with E-state index in [4.69, 9.17) is 14.2 Å². The van der Waals surface area contributed by atoms with E-state index < -0.39 is 79.6 Å². The van der Waals surface area contributed by atoms with E-state index in [1.807, 2.05) is 25.1 Å². The van der Waals surface area contributed by atoms with Gasteiger partial charge in [0.1, 0.15) is 29.5 Å². The number of pyridine rings is 1. The molecule has 0 radical (unpaired) electrons. The molecule has 1 aromatic heterocycles. The zero-order chi connectivity index (χ0) is 38.9. The van der Waals surface area contributed by atoms with Crippen LogP contribution in [0.5, 0.6) is 11.6 Å². The third-order valence-electron chi connectivity index (χ3n) is 10.6. The monoisotopic (exact) mass is 753 g/mol. The number of amides is 4. The Labute approximate surface area is 311 Å². The average Bonchev–Trinajstić information content (AvgIpc) is 3.65. The van der Waals surface area contributed by atoms with Crippen LogP contribution in [0.25, 0.3) is 10.8 Å². The number of sulfonamides is 1. The van der Waals surface area contributed by atoms with Crippen LogP contribution in [0.4, 0.5) is 4.79 Å². The first-order chi connectivity index (χ1) is 24.8. The fraction of sp³-hybridized carbons (Fsp3) is 0.579. The van der Waals surface area contributed by atoms with E-state index in [0.29, 0.717) is 36.3 Å². The molecular formula is C38H51N5O9S. The number of carbonyl (C=O) groups excluding carboxylic acids is 4. The predicted molar refractivity (Wildman–Crippen MR) is 199 cm³/mol. The van der Waals surface area contributed by atoms with Crippen LogP contribution in [0.2, 0.25) is 0 Å². The first-order valence-electron chi connectivity index (χ1n) is 18.0. The summed E-state index contributed by atoms with van der Waals surface area (Å²) >= 11 is 0. The molecular weight excluding hydrogens is 703 g/mol. The third-order valence-corrected chi connectivity index (χ3v) is 12.4. The molecule has 0 bridgehead atoms. The Kier molecular flexibility index (Phi) is 11.3. The average molecular weight is 754 g/mol. The SMILES string of the molecule is C=C[C@@H]1CC1(C=NC(=O)C1C[C@@H](Oc2nccc3cc(OC)ccc23)CN1C(=O)[C@@H](NC(=O)OC(C)(C)CC)C(C)(C)C)C(=O)NS(=O)(=O)C1CCC1. The second-order valence-corrected chi connectivity index (χ2v) is 17.8.